The number of pyridine rings is 2. The van der Waals surface area contributed by atoms with Crippen LogP contribution in [0.1, 0.15) is 5.56 Å². The Kier molecular flexibility index (Phi) is 2.82. The van der Waals surface area contributed by atoms with E-state index in [-0.39, 0.29) is 23.5 Å². The second-order valence-corrected chi connectivity index (χ2v) is 4.48. The molecule has 1 N–H and O–H groups in total. The molecular weight excluding hydrogens is 266 g/mol. The fraction of sp³-hybridized carbons (Fsp3) is 0.0625. The van der Waals surface area contributed by atoms with Gasteiger partial charge in [-0.15, -0.1) is 6.42 Å². The van der Waals surface area contributed by atoms with E-state index in [0.29, 0.717) is 10.9 Å². The third kappa shape index (κ3) is 1.80. The van der Waals surface area contributed by atoms with Crippen LogP contribution in [0.15, 0.2) is 35.1 Å². The first kappa shape index (κ1) is 12.7. The van der Waals surface area contributed by atoms with E-state index >= 15 is 0 Å². The average Bonchev–Trinajstić information content (AvgIpc) is 2.50. The first-order valence-corrected chi connectivity index (χ1v) is 6.16. The molecule has 0 radical (unpaired) electrons. The van der Waals surface area contributed by atoms with Crippen molar-refractivity contribution in [2.45, 2.75) is 6.54 Å². The van der Waals surface area contributed by atoms with Gasteiger partial charge in [0.05, 0.1) is 17.4 Å². The van der Waals surface area contributed by atoms with E-state index in [1.165, 1.54) is 4.57 Å². The fourth-order valence-electron chi connectivity index (χ4n) is 2.29. The second kappa shape index (κ2) is 4.66. The van der Waals surface area contributed by atoms with Crippen molar-refractivity contribution in [2.75, 3.05) is 0 Å². The van der Waals surface area contributed by atoms with Crippen LogP contribution in [0.25, 0.3) is 21.9 Å². The lowest BCUT2D eigenvalue weighted by molar-refractivity contribution is 0.477. The molecule has 5 nitrogen and oxygen atoms in total. The Morgan fingerprint density at radius 3 is 2.86 bits per heavy atom. The number of nitriles is 1. The highest BCUT2D eigenvalue weighted by Crippen LogP contribution is 2.27. The third-order valence-corrected chi connectivity index (χ3v) is 3.27. The Hall–Kier alpha value is -3.31. The number of hydrogen-bond acceptors (Lipinski definition) is 4. The zero-order valence-electron chi connectivity index (χ0n) is 10.9. The van der Waals surface area contributed by atoms with Crippen LogP contribution in [0.2, 0.25) is 0 Å². The van der Waals surface area contributed by atoms with Gasteiger partial charge in [0.25, 0.3) is 5.56 Å². The van der Waals surface area contributed by atoms with Gasteiger partial charge in [0.15, 0.2) is 5.56 Å². The Balaban J connectivity index is 2.59. The zero-order chi connectivity index (χ0) is 15.0. The highest BCUT2D eigenvalue weighted by Gasteiger charge is 2.17. The van der Waals surface area contributed by atoms with Crippen molar-refractivity contribution in [2.24, 2.45) is 0 Å². The molecule has 100 valence electrons. The summed E-state index contributed by atoms with van der Waals surface area (Å²) in [5.41, 5.74) is -0.00880. The number of benzene rings is 1. The number of aromatic nitrogens is 2. The maximum absolute atomic E-state index is 12.2. The minimum absolute atomic E-state index is 0.0182. The lowest BCUT2D eigenvalue weighted by atomic mass is 10.1. The first-order valence-electron chi connectivity index (χ1n) is 6.16. The maximum Gasteiger partial charge on any atom is 0.274 e. The number of hydrogen-bond donors (Lipinski definition) is 1. The third-order valence-electron chi connectivity index (χ3n) is 3.27. The second-order valence-electron chi connectivity index (χ2n) is 4.48. The predicted molar refractivity (Wildman–Crippen MR) is 78.7 cm³/mol. The van der Waals surface area contributed by atoms with Crippen LogP contribution in [0, 0.1) is 23.7 Å². The van der Waals surface area contributed by atoms with Crippen molar-refractivity contribution in [3.8, 4) is 24.2 Å². The van der Waals surface area contributed by atoms with E-state index in [1.54, 1.807) is 18.2 Å². The van der Waals surface area contributed by atoms with E-state index in [2.05, 4.69) is 10.9 Å². The van der Waals surface area contributed by atoms with E-state index in [9.17, 15) is 9.90 Å². The monoisotopic (exact) mass is 275 g/mol. The van der Waals surface area contributed by atoms with Gasteiger partial charge in [0.1, 0.15) is 17.5 Å². The number of terminal acetylenes is 1. The van der Waals surface area contributed by atoms with Gasteiger partial charge in [-0.2, -0.15) is 5.26 Å². The van der Waals surface area contributed by atoms with E-state index in [0.717, 1.165) is 5.39 Å². The Morgan fingerprint density at radius 2 is 2.14 bits per heavy atom. The fourth-order valence-corrected chi connectivity index (χ4v) is 2.29. The molecule has 3 rings (SSSR count). The van der Waals surface area contributed by atoms with Gasteiger partial charge < -0.3 is 5.11 Å². The summed E-state index contributed by atoms with van der Waals surface area (Å²) >= 11 is 0. The summed E-state index contributed by atoms with van der Waals surface area (Å²) in [6.07, 6.45) is 5.28. The summed E-state index contributed by atoms with van der Waals surface area (Å²) in [6, 6.07) is 10.7. The predicted octanol–water partition coefficient (Wildman–Crippen LogP) is 1.76. The van der Waals surface area contributed by atoms with E-state index in [1.807, 2.05) is 18.2 Å². The molecule has 0 saturated heterocycles. The lowest BCUT2D eigenvalue weighted by Crippen LogP contribution is -2.23. The molecule has 1 aromatic carbocycles. The van der Waals surface area contributed by atoms with Crippen LogP contribution in [0.4, 0.5) is 0 Å². The highest BCUT2D eigenvalue weighted by atomic mass is 16.3. The molecule has 2 heterocycles. The van der Waals surface area contributed by atoms with Gasteiger partial charge in [-0.3, -0.25) is 9.36 Å². The number of rotatable bonds is 1. The normalized spacial score (nSPS) is 10.4. The Bertz CT molecular complexity index is 1020. The summed E-state index contributed by atoms with van der Waals surface area (Å²) in [5.74, 6) is 2.01. The van der Waals surface area contributed by atoms with E-state index in [4.69, 9.17) is 11.7 Å². The van der Waals surface area contributed by atoms with Gasteiger partial charge in [-0.1, -0.05) is 24.1 Å². The topological polar surface area (TPSA) is 78.9 Å². The molecule has 0 aliphatic carbocycles. The molecule has 5 heteroatoms. The molecule has 21 heavy (non-hydrogen) atoms. The molecular formula is C16H9N3O2. The number of aromatic hydroxyl groups is 1. The van der Waals surface area contributed by atoms with Crippen molar-refractivity contribution >= 4 is 21.9 Å². The van der Waals surface area contributed by atoms with Crippen LogP contribution in [0.5, 0.6) is 5.75 Å². The molecule has 0 bridgehead atoms. The zero-order valence-corrected chi connectivity index (χ0v) is 10.9. The average molecular weight is 275 g/mol. The van der Waals surface area contributed by atoms with Crippen LogP contribution >= 0.6 is 0 Å². The summed E-state index contributed by atoms with van der Waals surface area (Å²) in [6.45, 7) is -0.0182. The minimum Gasteiger partial charge on any atom is -0.506 e. The molecule has 0 amide bonds. The number of nitrogens with zero attached hydrogens (tertiary/aromatic N) is 3. The van der Waals surface area contributed by atoms with Crippen molar-refractivity contribution in [1.82, 2.24) is 9.55 Å². The van der Waals surface area contributed by atoms with Crippen molar-refractivity contribution < 1.29 is 5.11 Å². The van der Waals surface area contributed by atoms with Gasteiger partial charge in [0, 0.05) is 5.39 Å². The standard InChI is InChI=1S/C16H9N3O2/c1-2-7-19-15-11(14(20)12(9-17)16(19)21)8-10-5-3-4-6-13(10)18-15/h1,3-6,8,20H,7H2. The molecule has 0 aliphatic heterocycles. The van der Waals surface area contributed by atoms with Crippen LogP contribution < -0.4 is 5.56 Å². The van der Waals surface area contributed by atoms with Gasteiger partial charge >= 0.3 is 0 Å². The van der Waals surface area contributed by atoms with Crippen molar-refractivity contribution in [1.29, 1.82) is 5.26 Å². The van der Waals surface area contributed by atoms with Crippen LogP contribution in [-0.4, -0.2) is 14.7 Å². The first-order chi connectivity index (χ1) is 10.2. The molecule has 0 fully saturated rings. The molecule has 0 aliphatic rings. The van der Waals surface area contributed by atoms with E-state index < -0.39 is 5.56 Å². The largest absolute Gasteiger partial charge is 0.506 e. The van der Waals surface area contributed by atoms with Gasteiger partial charge in [-0.05, 0) is 12.1 Å². The number of fused-ring (bicyclic) bond motifs is 2. The highest BCUT2D eigenvalue weighted by molar-refractivity contribution is 5.95. The molecule has 3 aromatic rings. The molecule has 2 aromatic heterocycles. The summed E-state index contributed by atoms with van der Waals surface area (Å²) in [4.78, 5) is 16.6. The SMILES string of the molecule is C#CCn1c(=O)c(C#N)c(O)c2cc3ccccc3nc21. The Morgan fingerprint density at radius 1 is 1.38 bits per heavy atom. The molecule has 0 saturated carbocycles. The Labute approximate surface area is 119 Å². The molecule has 0 spiro atoms. The quantitative estimate of drug-likeness (QED) is 0.542. The maximum atomic E-state index is 12.2. The summed E-state index contributed by atoms with van der Waals surface area (Å²) in [7, 11) is 0. The number of para-hydroxylation sites is 1. The van der Waals surface area contributed by atoms with Crippen LogP contribution in [0.3, 0.4) is 0 Å². The minimum atomic E-state index is -0.636. The van der Waals surface area contributed by atoms with Crippen LogP contribution in [-0.2, 0) is 6.54 Å². The van der Waals surface area contributed by atoms with Gasteiger partial charge in [0.2, 0.25) is 0 Å². The van der Waals surface area contributed by atoms with Crippen molar-refractivity contribution in [3.05, 3.63) is 46.2 Å². The summed E-state index contributed by atoms with van der Waals surface area (Å²) < 4.78 is 1.22. The molecule has 0 unspecified atom stereocenters. The molecule has 0 atom stereocenters. The lowest BCUT2D eigenvalue weighted by Gasteiger charge is -2.10. The van der Waals surface area contributed by atoms with Gasteiger partial charge in [-0.25, -0.2) is 4.98 Å². The van der Waals surface area contributed by atoms with Crippen molar-refractivity contribution in [3.63, 3.8) is 0 Å². The smallest absolute Gasteiger partial charge is 0.274 e. The summed E-state index contributed by atoms with van der Waals surface area (Å²) in [5, 5.41) is 20.4.